The maximum atomic E-state index is 8.38. The minimum Gasteiger partial charge on any atom is -0.304 e. The second kappa shape index (κ2) is 4.81. The fourth-order valence-electron chi connectivity index (χ4n) is 2.46. The molecule has 2 unspecified atom stereocenters. The maximum Gasteiger partial charge on any atom is 0.0432 e. The lowest BCUT2D eigenvalue weighted by Gasteiger charge is -2.25. The Balaban J connectivity index is 2.22. The minimum atomic E-state index is 0.0513. The molecule has 92 valence electrons. The molecule has 2 aliphatic rings. The van der Waals surface area contributed by atoms with Gasteiger partial charge in [-0.25, -0.2) is 0 Å². The van der Waals surface area contributed by atoms with Crippen molar-refractivity contribution < 1.29 is 0 Å². The predicted molar refractivity (Wildman–Crippen MR) is 74.6 cm³/mol. The number of allylic oxidation sites excluding steroid dienone is 6. The van der Waals surface area contributed by atoms with E-state index in [2.05, 4.69) is 26.8 Å². The lowest BCUT2D eigenvalue weighted by Crippen LogP contribution is -2.23. The molecule has 1 fully saturated rings. The zero-order chi connectivity index (χ0) is 12.6. The summed E-state index contributed by atoms with van der Waals surface area (Å²) in [6.45, 7) is 6.37. The fraction of sp³-hybridized carbons (Fsp3) is 0.533. The van der Waals surface area contributed by atoms with Crippen molar-refractivity contribution in [2.75, 3.05) is 0 Å². The Morgan fingerprint density at radius 2 is 2.00 bits per heavy atom. The minimum absolute atomic E-state index is 0.0513. The summed E-state index contributed by atoms with van der Waals surface area (Å²) in [5, 5.41) is 9.18. The average Bonchev–Trinajstić information content (AvgIpc) is 3.10. The molecule has 0 aliphatic heterocycles. The van der Waals surface area contributed by atoms with E-state index >= 15 is 0 Å². The topological polar surface area (TPSA) is 23.9 Å². The molecule has 0 amide bonds. The molecule has 0 aromatic heterocycles. The van der Waals surface area contributed by atoms with Crippen LogP contribution in [0.4, 0.5) is 0 Å². The van der Waals surface area contributed by atoms with E-state index < -0.39 is 0 Å². The van der Waals surface area contributed by atoms with Gasteiger partial charge in [-0.15, -0.1) is 0 Å². The first-order valence-electron chi connectivity index (χ1n) is 6.32. The number of nitrogens with one attached hydrogen (secondary N) is 1. The second-order valence-corrected chi connectivity index (χ2v) is 5.71. The third-order valence-corrected chi connectivity index (χ3v) is 4.35. The normalized spacial score (nSPS) is 29.8. The maximum absolute atomic E-state index is 8.38. The van der Waals surface area contributed by atoms with Gasteiger partial charge in [-0.2, -0.15) is 0 Å². The van der Waals surface area contributed by atoms with E-state index in [0.717, 1.165) is 16.5 Å². The quantitative estimate of drug-likeness (QED) is 0.702. The third-order valence-electron chi connectivity index (χ3n) is 3.99. The number of hydrogen-bond acceptors (Lipinski definition) is 1. The summed E-state index contributed by atoms with van der Waals surface area (Å²) in [4.78, 5) is 0. The summed E-state index contributed by atoms with van der Waals surface area (Å²) in [7, 11) is 0. The number of hydrogen-bond donors (Lipinski definition) is 1. The molecule has 2 rings (SSSR count). The van der Waals surface area contributed by atoms with E-state index in [4.69, 9.17) is 17.0 Å². The van der Waals surface area contributed by atoms with Gasteiger partial charge in [0.15, 0.2) is 0 Å². The molecule has 0 heterocycles. The highest BCUT2D eigenvalue weighted by molar-refractivity contribution is 6.32. The van der Waals surface area contributed by atoms with E-state index in [1.807, 2.05) is 12.2 Å². The second-order valence-electron chi connectivity index (χ2n) is 5.27. The first kappa shape index (κ1) is 12.6. The highest BCUT2D eigenvalue weighted by Crippen LogP contribution is 2.39. The van der Waals surface area contributed by atoms with E-state index in [9.17, 15) is 0 Å². The van der Waals surface area contributed by atoms with Gasteiger partial charge in [-0.05, 0) is 50.2 Å². The van der Waals surface area contributed by atoms with Gasteiger partial charge in [0.05, 0.1) is 0 Å². The van der Waals surface area contributed by atoms with Crippen LogP contribution in [0, 0.1) is 23.2 Å². The molecule has 0 spiro atoms. The molecule has 1 saturated carbocycles. The third kappa shape index (κ3) is 2.55. The van der Waals surface area contributed by atoms with Crippen molar-refractivity contribution >= 4 is 17.3 Å². The van der Waals surface area contributed by atoms with Gasteiger partial charge in [0.25, 0.3) is 0 Å². The largest absolute Gasteiger partial charge is 0.304 e. The van der Waals surface area contributed by atoms with Crippen LogP contribution < -0.4 is 0 Å². The SMILES string of the molecule is C/C(C(=N)C1C(Cl)=CC=CC1C)=C(/C)C1CC1. The van der Waals surface area contributed by atoms with E-state index in [1.165, 1.54) is 18.4 Å². The predicted octanol–water partition coefficient (Wildman–Crippen LogP) is 4.70. The van der Waals surface area contributed by atoms with Crippen LogP contribution in [0.2, 0.25) is 0 Å². The molecular formula is C15H20ClN. The van der Waals surface area contributed by atoms with Crippen LogP contribution in [-0.4, -0.2) is 5.71 Å². The standard InChI is InChI=1S/C15H20ClN/c1-9-5-4-6-13(16)14(9)15(17)11(3)10(2)12-7-8-12/h4-6,9,12,14,17H,7-8H2,1-3H3/b11-10+,17-15?. The highest BCUT2D eigenvalue weighted by Gasteiger charge is 2.30. The summed E-state index contributed by atoms with van der Waals surface area (Å²) >= 11 is 6.26. The highest BCUT2D eigenvalue weighted by atomic mass is 35.5. The first-order valence-corrected chi connectivity index (χ1v) is 6.70. The smallest absolute Gasteiger partial charge is 0.0432 e. The molecule has 17 heavy (non-hydrogen) atoms. The molecule has 2 heteroatoms. The molecule has 0 saturated heterocycles. The summed E-state index contributed by atoms with van der Waals surface area (Å²) in [5.74, 6) is 1.10. The van der Waals surface area contributed by atoms with Crippen LogP contribution in [0.15, 0.2) is 34.4 Å². The average molecular weight is 250 g/mol. The van der Waals surface area contributed by atoms with Crippen molar-refractivity contribution in [1.82, 2.24) is 0 Å². The van der Waals surface area contributed by atoms with Crippen LogP contribution in [0.3, 0.4) is 0 Å². The van der Waals surface area contributed by atoms with E-state index in [-0.39, 0.29) is 5.92 Å². The summed E-state index contributed by atoms with van der Waals surface area (Å²) < 4.78 is 0. The molecule has 0 aromatic carbocycles. The van der Waals surface area contributed by atoms with Gasteiger partial charge in [0.2, 0.25) is 0 Å². The van der Waals surface area contributed by atoms with Crippen molar-refractivity contribution in [3.63, 3.8) is 0 Å². The van der Waals surface area contributed by atoms with Gasteiger partial charge < -0.3 is 5.41 Å². The van der Waals surface area contributed by atoms with Gasteiger partial charge >= 0.3 is 0 Å². The Hall–Kier alpha value is -0.820. The van der Waals surface area contributed by atoms with Crippen LogP contribution >= 0.6 is 11.6 Å². The molecule has 1 N–H and O–H groups in total. The molecule has 1 nitrogen and oxygen atoms in total. The lowest BCUT2D eigenvalue weighted by molar-refractivity contribution is 0.622. The zero-order valence-electron chi connectivity index (χ0n) is 10.8. The molecule has 2 atom stereocenters. The van der Waals surface area contributed by atoms with Crippen LogP contribution in [0.5, 0.6) is 0 Å². The monoisotopic (exact) mass is 249 g/mol. The van der Waals surface area contributed by atoms with Gasteiger partial charge in [0, 0.05) is 16.7 Å². The molecule has 0 aromatic rings. The van der Waals surface area contributed by atoms with Crippen LogP contribution in [0.25, 0.3) is 0 Å². The van der Waals surface area contributed by atoms with Gasteiger partial charge in [-0.3, -0.25) is 0 Å². The van der Waals surface area contributed by atoms with Crippen LogP contribution in [-0.2, 0) is 0 Å². The van der Waals surface area contributed by atoms with Crippen molar-refractivity contribution in [2.45, 2.75) is 33.6 Å². The summed E-state index contributed by atoms with van der Waals surface area (Å²) in [6.07, 6.45) is 8.62. The Morgan fingerprint density at radius 1 is 1.35 bits per heavy atom. The Labute approximate surface area is 109 Å². The molecule has 2 aliphatic carbocycles. The Bertz CT molecular complexity index is 424. The van der Waals surface area contributed by atoms with Crippen LogP contribution in [0.1, 0.15) is 33.6 Å². The Kier molecular flexibility index (Phi) is 3.58. The Morgan fingerprint density at radius 3 is 2.53 bits per heavy atom. The van der Waals surface area contributed by atoms with Crippen molar-refractivity contribution in [2.24, 2.45) is 17.8 Å². The molecular weight excluding hydrogens is 230 g/mol. The fourth-order valence-corrected chi connectivity index (χ4v) is 2.84. The first-order chi connectivity index (χ1) is 8.02. The van der Waals surface area contributed by atoms with Gasteiger partial charge in [0.1, 0.15) is 0 Å². The van der Waals surface area contributed by atoms with E-state index in [1.54, 1.807) is 0 Å². The number of halogens is 1. The van der Waals surface area contributed by atoms with Crippen molar-refractivity contribution in [3.8, 4) is 0 Å². The van der Waals surface area contributed by atoms with Crippen molar-refractivity contribution in [1.29, 1.82) is 5.41 Å². The lowest BCUT2D eigenvalue weighted by atomic mass is 9.82. The molecule has 0 bridgehead atoms. The van der Waals surface area contributed by atoms with Crippen molar-refractivity contribution in [3.05, 3.63) is 34.4 Å². The zero-order valence-corrected chi connectivity index (χ0v) is 11.5. The summed E-state index contributed by atoms with van der Waals surface area (Å²) in [5.41, 5.74) is 3.24. The number of rotatable bonds is 3. The van der Waals surface area contributed by atoms with Gasteiger partial charge in [-0.1, -0.05) is 36.2 Å². The van der Waals surface area contributed by atoms with E-state index in [0.29, 0.717) is 11.6 Å². The molecule has 0 radical (unpaired) electrons. The summed E-state index contributed by atoms with van der Waals surface area (Å²) in [6, 6.07) is 0.